The molecule has 248 valence electrons. The van der Waals surface area contributed by atoms with E-state index in [0.29, 0.717) is 41.8 Å². The van der Waals surface area contributed by atoms with Crippen LogP contribution in [0.2, 0.25) is 0 Å². The molecule has 12 nitrogen and oxygen atoms in total. The zero-order valence-electron chi connectivity index (χ0n) is 26.9. The molecule has 47 heavy (non-hydrogen) atoms. The minimum absolute atomic E-state index is 0.0766. The molecule has 2 fully saturated rings. The number of esters is 2. The molecule has 12 heteroatoms. The first-order valence-corrected chi connectivity index (χ1v) is 15.6. The summed E-state index contributed by atoms with van der Waals surface area (Å²) in [5, 5.41) is 0. The number of cyclic esters (lactones) is 1. The molecule has 0 radical (unpaired) electrons. The van der Waals surface area contributed by atoms with Crippen molar-refractivity contribution in [1.29, 1.82) is 0 Å². The Morgan fingerprint density at radius 3 is 2.13 bits per heavy atom. The van der Waals surface area contributed by atoms with Gasteiger partial charge in [0, 0.05) is 43.6 Å². The molecule has 3 aromatic carbocycles. The van der Waals surface area contributed by atoms with Crippen molar-refractivity contribution in [3.05, 3.63) is 65.2 Å². The summed E-state index contributed by atoms with van der Waals surface area (Å²) in [6.07, 6.45) is -0.725. The molecule has 0 N–H and O–H groups in total. The van der Waals surface area contributed by atoms with Gasteiger partial charge in [0.1, 0.15) is 11.9 Å². The van der Waals surface area contributed by atoms with Crippen molar-refractivity contribution in [3.8, 4) is 34.5 Å². The van der Waals surface area contributed by atoms with Crippen LogP contribution in [0.25, 0.3) is 0 Å². The number of ether oxygens (including phenoxy) is 8. The van der Waals surface area contributed by atoms with Crippen LogP contribution in [0.3, 0.4) is 0 Å². The van der Waals surface area contributed by atoms with Gasteiger partial charge in [-0.1, -0.05) is 12.1 Å². The third kappa shape index (κ3) is 5.50. The number of fused-ring (bicyclic) bond motifs is 3. The number of carbonyl (C=O) groups is 2. The maximum absolute atomic E-state index is 13.6. The fourth-order valence-corrected chi connectivity index (χ4v) is 7.34. The van der Waals surface area contributed by atoms with Crippen LogP contribution in [0, 0.1) is 11.8 Å². The van der Waals surface area contributed by atoms with E-state index in [-0.39, 0.29) is 31.9 Å². The second-order valence-electron chi connectivity index (χ2n) is 11.9. The van der Waals surface area contributed by atoms with Crippen molar-refractivity contribution in [3.63, 3.8) is 0 Å². The van der Waals surface area contributed by atoms with Gasteiger partial charge >= 0.3 is 11.9 Å². The van der Waals surface area contributed by atoms with Gasteiger partial charge in [-0.3, -0.25) is 14.5 Å². The van der Waals surface area contributed by atoms with Crippen LogP contribution in [-0.4, -0.2) is 91.4 Å². The molecule has 4 aliphatic rings. The lowest BCUT2D eigenvalue weighted by atomic mass is 9.66. The summed E-state index contributed by atoms with van der Waals surface area (Å²) in [7, 11) is 6.31. The van der Waals surface area contributed by atoms with Gasteiger partial charge < -0.3 is 42.8 Å². The molecule has 2 saturated heterocycles. The number of para-hydroxylation sites is 2. The summed E-state index contributed by atoms with van der Waals surface area (Å²) >= 11 is 0. The number of piperazine rings is 1. The van der Waals surface area contributed by atoms with E-state index in [9.17, 15) is 9.59 Å². The number of nitrogens with zero attached hydrogens (tertiary/aromatic N) is 2. The van der Waals surface area contributed by atoms with Crippen LogP contribution < -0.4 is 33.3 Å². The van der Waals surface area contributed by atoms with Crippen LogP contribution in [0.4, 0.5) is 5.69 Å². The number of rotatable bonds is 9. The Hall–Kier alpha value is -4.84. The van der Waals surface area contributed by atoms with E-state index in [2.05, 4.69) is 9.80 Å². The Morgan fingerprint density at radius 1 is 0.809 bits per heavy atom. The topological polar surface area (TPSA) is 114 Å². The molecule has 3 heterocycles. The number of hydrogen-bond acceptors (Lipinski definition) is 12. The summed E-state index contributed by atoms with van der Waals surface area (Å²) in [6.45, 7) is 3.17. The van der Waals surface area contributed by atoms with E-state index >= 15 is 0 Å². The summed E-state index contributed by atoms with van der Waals surface area (Å²) in [6, 6.07) is 15.4. The Morgan fingerprint density at radius 2 is 1.47 bits per heavy atom. The van der Waals surface area contributed by atoms with Gasteiger partial charge in [0.05, 0.1) is 53.2 Å². The standard InChI is InChI=1S/C35H38N2O10/c1-40-25-8-6-5-7-24(25)37-11-9-36(10-12-37)17-30(38)47-33-22-16-27-26(45-19-46-27)15-21(22)31(32-23(33)18-44-35(32)39)20-13-28(41-2)34(43-4)29(14-20)42-3/h5-8,13-16,23,31-33H,9-12,17-19H2,1-4H3/t23-,31+,32-,33-/m0/s1. The zero-order chi connectivity index (χ0) is 32.7. The fourth-order valence-electron chi connectivity index (χ4n) is 7.34. The van der Waals surface area contributed by atoms with E-state index in [4.69, 9.17) is 37.9 Å². The van der Waals surface area contributed by atoms with Gasteiger partial charge in [0.15, 0.2) is 23.0 Å². The zero-order valence-corrected chi connectivity index (χ0v) is 26.9. The molecule has 3 aliphatic heterocycles. The minimum Gasteiger partial charge on any atom is -0.495 e. The Balaban J connectivity index is 1.17. The van der Waals surface area contributed by atoms with Gasteiger partial charge in [-0.25, -0.2) is 0 Å². The monoisotopic (exact) mass is 646 g/mol. The van der Waals surface area contributed by atoms with Crippen LogP contribution in [0.5, 0.6) is 34.5 Å². The first-order valence-electron chi connectivity index (χ1n) is 15.6. The highest BCUT2D eigenvalue weighted by Crippen LogP contribution is 2.56. The fraction of sp³-hybridized carbons (Fsp3) is 0.429. The van der Waals surface area contributed by atoms with E-state index in [0.717, 1.165) is 41.2 Å². The van der Waals surface area contributed by atoms with Crippen LogP contribution in [0.15, 0.2) is 48.5 Å². The van der Waals surface area contributed by atoms with E-state index in [1.54, 1.807) is 28.4 Å². The van der Waals surface area contributed by atoms with E-state index in [1.807, 2.05) is 48.5 Å². The van der Waals surface area contributed by atoms with Crippen LogP contribution >= 0.6 is 0 Å². The van der Waals surface area contributed by atoms with Gasteiger partial charge in [0.2, 0.25) is 12.5 Å². The third-order valence-electron chi connectivity index (χ3n) is 9.57. The summed E-state index contributed by atoms with van der Waals surface area (Å²) in [5.74, 6) is 1.07. The average Bonchev–Trinajstić information content (AvgIpc) is 3.73. The number of benzene rings is 3. The normalized spacial score (nSPS) is 23.0. The van der Waals surface area contributed by atoms with Crippen LogP contribution in [-0.2, 0) is 19.1 Å². The Bertz CT molecular complexity index is 1640. The van der Waals surface area contributed by atoms with Gasteiger partial charge in [0.25, 0.3) is 0 Å². The van der Waals surface area contributed by atoms with Crippen molar-refractivity contribution in [2.24, 2.45) is 11.8 Å². The molecule has 7 rings (SSSR count). The smallest absolute Gasteiger partial charge is 0.320 e. The van der Waals surface area contributed by atoms with Crippen molar-refractivity contribution in [2.45, 2.75) is 12.0 Å². The number of hydrogen-bond donors (Lipinski definition) is 0. The molecular formula is C35H38N2O10. The number of methoxy groups -OCH3 is 4. The number of anilines is 1. The van der Waals surface area contributed by atoms with Crippen molar-refractivity contribution < 1.29 is 47.5 Å². The molecular weight excluding hydrogens is 608 g/mol. The molecule has 0 unspecified atom stereocenters. The molecule has 0 bridgehead atoms. The SMILES string of the molecule is COc1ccccc1N1CCN(CC(=O)O[C@H]2c3cc4c(cc3[C@@H](c3cc(OC)c(OC)c(OC)c3)[C@H]3C(=O)OC[C@@H]32)OCO4)CC1. The van der Waals surface area contributed by atoms with Gasteiger partial charge in [-0.15, -0.1) is 0 Å². The summed E-state index contributed by atoms with van der Waals surface area (Å²) in [4.78, 5) is 31.4. The number of carbonyl (C=O) groups excluding carboxylic acids is 2. The van der Waals surface area contributed by atoms with Crippen molar-refractivity contribution in [1.82, 2.24) is 4.90 Å². The Labute approximate surface area is 272 Å². The predicted molar refractivity (Wildman–Crippen MR) is 169 cm³/mol. The van der Waals surface area contributed by atoms with Gasteiger partial charge in [-0.05, 0) is 47.5 Å². The lowest BCUT2D eigenvalue weighted by Crippen LogP contribution is -2.48. The highest BCUT2D eigenvalue weighted by Gasteiger charge is 2.54. The summed E-state index contributed by atoms with van der Waals surface area (Å²) in [5.41, 5.74) is 3.34. The first-order chi connectivity index (χ1) is 22.9. The van der Waals surface area contributed by atoms with Gasteiger partial charge in [-0.2, -0.15) is 0 Å². The second kappa shape index (κ2) is 12.7. The quantitative estimate of drug-likeness (QED) is 0.315. The lowest BCUT2D eigenvalue weighted by molar-refractivity contribution is -0.156. The largest absolute Gasteiger partial charge is 0.495 e. The van der Waals surface area contributed by atoms with Crippen LogP contribution in [0.1, 0.15) is 28.7 Å². The molecule has 0 aromatic heterocycles. The summed E-state index contributed by atoms with van der Waals surface area (Å²) < 4.78 is 45.8. The van der Waals surface area contributed by atoms with Crippen molar-refractivity contribution in [2.75, 3.05) is 79.5 Å². The molecule has 4 atom stereocenters. The second-order valence-corrected chi connectivity index (χ2v) is 11.9. The van der Waals surface area contributed by atoms with E-state index < -0.39 is 23.9 Å². The highest BCUT2D eigenvalue weighted by molar-refractivity contribution is 5.80. The maximum Gasteiger partial charge on any atom is 0.320 e. The average molecular weight is 647 g/mol. The third-order valence-corrected chi connectivity index (χ3v) is 9.57. The highest BCUT2D eigenvalue weighted by atomic mass is 16.7. The molecule has 0 saturated carbocycles. The maximum atomic E-state index is 13.6. The molecule has 0 amide bonds. The predicted octanol–water partition coefficient (Wildman–Crippen LogP) is 3.79. The molecule has 1 aliphatic carbocycles. The lowest BCUT2D eigenvalue weighted by Gasteiger charge is -2.39. The minimum atomic E-state index is -0.725. The van der Waals surface area contributed by atoms with E-state index in [1.165, 1.54) is 0 Å². The van der Waals surface area contributed by atoms with Crippen molar-refractivity contribution >= 4 is 17.6 Å². The molecule has 3 aromatic rings. The Kier molecular flexibility index (Phi) is 8.35. The molecule has 0 spiro atoms. The first kappa shape index (κ1) is 30.8.